The highest BCUT2D eigenvalue weighted by molar-refractivity contribution is 5.80. The molecule has 27 heavy (non-hydrogen) atoms. The van der Waals surface area contributed by atoms with Crippen molar-refractivity contribution in [3.63, 3.8) is 0 Å². The van der Waals surface area contributed by atoms with Gasteiger partial charge in [-0.05, 0) is 43.1 Å². The van der Waals surface area contributed by atoms with Crippen LogP contribution in [0.2, 0.25) is 0 Å². The highest BCUT2D eigenvalue weighted by Gasteiger charge is 2.32. The number of likely N-dealkylation sites (tertiary alicyclic amines) is 1. The summed E-state index contributed by atoms with van der Waals surface area (Å²) in [5.74, 6) is 1.73. The summed E-state index contributed by atoms with van der Waals surface area (Å²) in [5, 5.41) is 3.32. The number of aryl methyl sites for hydroxylation is 1. The fraction of sp³-hybridized carbons (Fsp3) is 0.652. The molecule has 1 aromatic rings. The second-order valence-corrected chi connectivity index (χ2v) is 8.52. The molecular formula is C23H34N2O2. The quantitative estimate of drug-likeness (QED) is 0.857. The second kappa shape index (κ2) is 9.38. The van der Waals surface area contributed by atoms with Gasteiger partial charge in [-0.2, -0.15) is 0 Å². The Morgan fingerprint density at radius 2 is 1.74 bits per heavy atom. The van der Waals surface area contributed by atoms with Crippen molar-refractivity contribution in [1.82, 2.24) is 10.2 Å². The van der Waals surface area contributed by atoms with Crippen molar-refractivity contribution in [2.45, 2.75) is 64.8 Å². The number of carbonyl (C=O) groups is 2. The SMILES string of the molecule is C[C@@H]1[C@H](C)CCC[C@H]1NC(=O)C1CCN(C(=O)CCc2ccccc2)CC1. The molecule has 0 radical (unpaired) electrons. The van der Waals surface area contributed by atoms with Crippen LogP contribution in [0.1, 0.15) is 57.9 Å². The number of piperidine rings is 1. The van der Waals surface area contributed by atoms with Crippen LogP contribution in [0.5, 0.6) is 0 Å². The highest BCUT2D eigenvalue weighted by atomic mass is 16.2. The molecule has 1 aliphatic carbocycles. The van der Waals surface area contributed by atoms with E-state index in [1.165, 1.54) is 18.4 Å². The Hall–Kier alpha value is -1.84. The number of carbonyl (C=O) groups excluding carboxylic acids is 2. The molecule has 1 saturated carbocycles. The third-order valence-corrected chi connectivity index (χ3v) is 6.72. The zero-order chi connectivity index (χ0) is 19.2. The summed E-state index contributed by atoms with van der Waals surface area (Å²) in [4.78, 5) is 27.1. The van der Waals surface area contributed by atoms with Gasteiger partial charge in [0.05, 0.1) is 0 Å². The highest BCUT2D eigenvalue weighted by Crippen LogP contribution is 2.30. The monoisotopic (exact) mass is 370 g/mol. The van der Waals surface area contributed by atoms with Gasteiger partial charge in [-0.3, -0.25) is 9.59 Å². The van der Waals surface area contributed by atoms with E-state index in [4.69, 9.17) is 0 Å². The lowest BCUT2D eigenvalue weighted by Gasteiger charge is -2.37. The molecule has 3 atom stereocenters. The number of hydrogen-bond acceptors (Lipinski definition) is 2. The first-order chi connectivity index (χ1) is 13.0. The summed E-state index contributed by atoms with van der Waals surface area (Å²) in [6, 6.07) is 10.5. The largest absolute Gasteiger partial charge is 0.353 e. The number of benzene rings is 1. The van der Waals surface area contributed by atoms with E-state index < -0.39 is 0 Å². The van der Waals surface area contributed by atoms with E-state index in [-0.39, 0.29) is 17.7 Å². The molecule has 2 fully saturated rings. The maximum atomic E-state index is 12.7. The van der Waals surface area contributed by atoms with Crippen molar-refractivity contribution in [2.75, 3.05) is 13.1 Å². The van der Waals surface area contributed by atoms with Gasteiger partial charge in [0.25, 0.3) is 0 Å². The molecule has 0 bridgehead atoms. The molecule has 0 unspecified atom stereocenters. The Bertz CT molecular complexity index is 623. The van der Waals surface area contributed by atoms with E-state index in [1.54, 1.807) is 0 Å². The molecule has 2 amide bonds. The van der Waals surface area contributed by atoms with Gasteiger partial charge in [-0.15, -0.1) is 0 Å². The van der Waals surface area contributed by atoms with E-state index in [0.717, 1.165) is 25.7 Å². The third kappa shape index (κ3) is 5.33. The fourth-order valence-electron chi connectivity index (χ4n) is 4.53. The summed E-state index contributed by atoms with van der Waals surface area (Å²) in [6.07, 6.45) is 6.52. The second-order valence-electron chi connectivity index (χ2n) is 8.52. The molecule has 4 nitrogen and oxygen atoms in total. The smallest absolute Gasteiger partial charge is 0.223 e. The molecule has 1 aliphatic heterocycles. The molecule has 3 rings (SSSR count). The van der Waals surface area contributed by atoms with Crippen molar-refractivity contribution in [3.05, 3.63) is 35.9 Å². The van der Waals surface area contributed by atoms with Crippen LogP contribution in [-0.4, -0.2) is 35.8 Å². The third-order valence-electron chi connectivity index (χ3n) is 6.72. The maximum absolute atomic E-state index is 12.7. The van der Waals surface area contributed by atoms with Crippen molar-refractivity contribution in [2.24, 2.45) is 17.8 Å². The van der Waals surface area contributed by atoms with Crippen LogP contribution in [0, 0.1) is 17.8 Å². The molecular weight excluding hydrogens is 336 g/mol. The van der Waals surface area contributed by atoms with Gasteiger partial charge in [0.2, 0.25) is 11.8 Å². The first kappa shape index (κ1) is 19.9. The summed E-state index contributed by atoms with van der Waals surface area (Å²) in [7, 11) is 0. The van der Waals surface area contributed by atoms with Gasteiger partial charge in [0, 0.05) is 31.5 Å². The lowest BCUT2D eigenvalue weighted by Crippen LogP contribution is -2.48. The summed E-state index contributed by atoms with van der Waals surface area (Å²) < 4.78 is 0. The molecule has 1 heterocycles. The molecule has 2 aliphatic rings. The van der Waals surface area contributed by atoms with Crippen molar-refractivity contribution < 1.29 is 9.59 Å². The van der Waals surface area contributed by atoms with Gasteiger partial charge in [-0.1, -0.05) is 57.0 Å². The maximum Gasteiger partial charge on any atom is 0.223 e. The standard InChI is InChI=1S/C23H34N2O2/c1-17-7-6-10-21(18(17)2)24-23(27)20-13-15-25(16-14-20)22(26)12-11-19-8-4-3-5-9-19/h3-5,8-9,17-18,20-21H,6-7,10-16H2,1-2H3,(H,24,27)/t17-,18-,21-/m1/s1. The first-order valence-corrected chi connectivity index (χ1v) is 10.7. The Labute approximate surface area is 163 Å². The summed E-state index contributed by atoms with van der Waals surface area (Å²) in [5.41, 5.74) is 1.20. The molecule has 0 spiro atoms. The van der Waals surface area contributed by atoms with Crippen LogP contribution in [0.3, 0.4) is 0 Å². The first-order valence-electron chi connectivity index (χ1n) is 10.7. The Kier molecular flexibility index (Phi) is 6.92. The topological polar surface area (TPSA) is 49.4 Å². The number of nitrogens with one attached hydrogen (secondary N) is 1. The minimum Gasteiger partial charge on any atom is -0.353 e. The van der Waals surface area contributed by atoms with Crippen LogP contribution in [0.25, 0.3) is 0 Å². The van der Waals surface area contributed by atoms with Crippen molar-refractivity contribution in [1.29, 1.82) is 0 Å². The Balaban J connectivity index is 1.41. The Morgan fingerprint density at radius 1 is 1.04 bits per heavy atom. The number of hydrogen-bond donors (Lipinski definition) is 1. The van der Waals surface area contributed by atoms with Crippen LogP contribution < -0.4 is 5.32 Å². The van der Waals surface area contributed by atoms with Gasteiger partial charge in [0.15, 0.2) is 0 Å². The predicted octanol–water partition coefficient (Wildman–Crippen LogP) is 3.80. The van der Waals surface area contributed by atoms with Gasteiger partial charge >= 0.3 is 0 Å². The van der Waals surface area contributed by atoms with Crippen LogP contribution in [-0.2, 0) is 16.0 Å². The van der Waals surface area contributed by atoms with Gasteiger partial charge in [0.1, 0.15) is 0 Å². The Morgan fingerprint density at radius 3 is 2.44 bits per heavy atom. The lowest BCUT2D eigenvalue weighted by molar-refractivity contribution is -0.136. The molecule has 1 aromatic carbocycles. The van der Waals surface area contributed by atoms with E-state index in [0.29, 0.717) is 37.4 Å². The minimum absolute atomic E-state index is 0.0626. The number of nitrogens with zero attached hydrogens (tertiary/aromatic N) is 1. The average Bonchev–Trinajstić information content (AvgIpc) is 2.70. The fourth-order valence-corrected chi connectivity index (χ4v) is 4.53. The van der Waals surface area contributed by atoms with E-state index in [1.807, 2.05) is 23.1 Å². The van der Waals surface area contributed by atoms with Crippen LogP contribution >= 0.6 is 0 Å². The molecule has 1 N–H and O–H groups in total. The number of rotatable bonds is 5. The van der Waals surface area contributed by atoms with Crippen molar-refractivity contribution >= 4 is 11.8 Å². The van der Waals surface area contributed by atoms with Gasteiger partial charge < -0.3 is 10.2 Å². The molecule has 0 aromatic heterocycles. The summed E-state index contributed by atoms with van der Waals surface area (Å²) >= 11 is 0. The van der Waals surface area contributed by atoms with Crippen LogP contribution in [0.15, 0.2) is 30.3 Å². The number of amides is 2. The summed E-state index contributed by atoms with van der Waals surface area (Å²) in [6.45, 7) is 5.98. The molecule has 1 saturated heterocycles. The van der Waals surface area contributed by atoms with E-state index >= 15 is 0 Å². The average molecular weight is 371 g/mol. The zero-order valence-corrected chi connectivity index (χ0v) is 16.8. The van der Waals surface area contributed by atoms with E-state index in [2.05, 4.69) is 31.3 Å². The lowest BCUT2D eigenvalue weighted by atomic mass is 9.78. The van der Waals surface area contributed by atoms with Crippen LogP contribution in [0.4, 0.5) is 0 Å². The van der Waals surface area contributed by atoms with E-state index in [9.17, 15) is 9.59 Å². The molecule has 4 heteroatoms. The van der Waals surface area contributed by atoms with Crippen molar-refractivity contribution in [3.8, 4) is 0 Å². The predicted molar refractivity (Wildman–Crippen MR) is 108 cm³/mol. The minimum atomic E-state index is 0.0626. The zero-order valence-electron chi connectivity index (χ0n) is 16.8. The van der Waals surface area contributed by atoms with Gasteiger partial charge in [-0.25, -0.2) is 0 Å². The normalized spacial score (nSPS) is 26.6. The molecule has 148 valence electrons.